The summed E-state index contributed by atoms with van der Waals surface area (Å²) < 4.78 is 0. The van der Waals surface area contributed by atoms with Crippen LogP contribution < -0.4 is 11.5 Å². The zero-order valence-corrected chi connectivity index (χ0v) is 8.53. The van der Waals surface area contributed by atoms with Crippen molar-refractivity contribution in [3.63, 3.8) is 0 Å². The van der Waals surface area contributed by atoms with E-state index in [1.165, 1.54) is 5.56 Å². The van der Waals surface area contributed by atoms with E-state index >= 15 is 0 Å². The van der Waals surface area contributed by atoms with Gasteiger partial charge in [-0.2, -0.15) is 0 Å². The molecule has 1 aromatic carbocycles. The van der Waals surface area contributed by atoms with E-state index in [9.17, 15) is 0 Å². The lowest BCUT2D eigenvalue weighted by Crippen LogP contribution is -2.20. The van der Waals surface area contributed by atoms with Gasteiger partial charge in [0.25, 0.3) is 0 Å². The molecule has 0 spiro atoms. The SMILES string of the molecule is CC.NCC(CN)c1ccccc1. The van der Waals surface area contributed by atoms with Crippen molar-refractivity contribution >= 4 is 0 Å². The summed E-state index contributed by atoms with van der Waals surface area (Å²) in [7, 11) is 0. The highest BCUT2D eigenvalue weighted by Crippen LogP contribution is 2.11. The Bertz CT molecular complexity index is 193. The largest absolute Gasteiger partial charge is 0.330 e. The smallest absolute Gasteiger partial charge is 0.00841 e. The first-order valence-corrected chi connectivity index (χ1v) is 4.83. The van der Waals surface area contributed by atoms with Crippen molar-refractivity contribution in [3.05, 3.63) is 35.9 Å². The molecule has 0 heterocycles. The van der Waals surface area contributed by atoms with Gasteiger partial charge >= 0.3 is 0 Å². The molecule has 0 saturated carbocycles. The van der Waals surface area contributed by atoms with E-state index in [2.05, 4.69) is 12.1 Å². The lowest BCUT2D eigenvalue weighted by atomic mass is 10.00. The third kappa shape index (κ3) is 4.06. The maximum atomic E-state index is 5.54. The molecule has 0 amide bonds. The van der Waals surface area contributed by atoms with Crippen LogP contribution in [0, 0.1) is 0 Å². The minimum Gasteiger partial charge on any atom is -0.330 e. The molecule has 13 heavy (non-hydrogen) atoms. The van der Waals surface area contributed by atoms with E-state index in [0.717, 1.165) is 0 Å². The molecule has 74 valence electrons. The number of hydrogen-bond donors (Lipinski definition) is 2. The van der Waals surface area contributed by atoms with Crippen molar-refractivity contribution in [2.24, 2.45) is 11.5 Å². The van der Waals surface area contributed by atoms with Crippen molar-refractivity contribution in [3.8, 4) is 0 Å². The van der Waals surface area contributed by atoms with E-state index < -0.39 is 0 Å². The third-order valence-electron chi connectivity index (χ3n) is 1.84. The van der Waals surface area contributed by atoms with Crippen molar-refractivity contribution in [1.29, 1.82) is 0 Å². The molecule has 0 aromatic heterocycles. The normalized spacial score (nSPS) is 9.31. The van der Waals surface area contributed by atoms with Crippen LogP contribution in [0.25, 0.3) is 0 Å². The molecule has 0 unspecified atom stereocenters. The Hall–Kier alpha value is -0.860. The van der Waals surface area contributed by atoms with Crippen molar-refractivity contribution in [1.82, 2.24) is 0 Å². The van der Waals surface area contributed by atoms with Gasteiger partial charge in [-0.1, -0.05) is 44.2 Å². The molecule has 0 bridgehead atoms. The molecule has 2 heteroatoms. The van der Waals surface area contributed by atoms with E-state index in [4.69, 9.17) is 11.5 Å². The van der Waals surface area contributed by atoms with E-state index in [0.29, 0.717) is 19.0 Å². The molecular formula is C11H20N2. The van der Waals surface area contributed by atoms with Gasteiger partial charge in [0.2, 0.25) is 0 Å². The second kappa shape index (κ2) is 7.77. The van der Waals surface area contributed by atoms with Crippen LogP contribution in [-0.4, -0.2) is 13.1 Å². The van der Waals surface area contributed by atoms with Crippen molar-refractivity contribution < 1.29 is 0 Å². The van der Waals surface area contributed by atoms with Crippen LogP contribution in [0.4, 0.5) is 0 Å². The fourth-order valence-electron chi connectivity index (χ4n) is 1.09. The first-order valence-electron chi connectivity index (χ1n) is 4.83. The maximum absolute atomic E-state index is 5.54. The topological polar surface area (TPSA) is 52.0 Å². The number of benzene rings is 1. The minimum absolute atomic E-state index is 0.316. The third-order valence-corrected chi connectivity index (χ3v) is 1.84. The second-order valence-electron chi connectivity index (χ2n) is 2.58. The minimum atomic E-state index is 0.316. The first kappa shape index (κ1) is 12.1. The second-order valence-corrected chi connectivity index (χ2v) is 2.58. The summed E-state index contributed by atoms with van der Waals surface area (Å²) >= 11 is 0. The number of hydrogen-bond acceptors (Lipinski definition) is 2. The Morgan fingerprint density at radius 1 is 1.00 bits per heavy atom. The molecule has 0 fully saturated rings. The highest BCUT2D eigenvalue weighted by molar-refractivity contribution is 5.19. The predicted octanol–water partition coefficient (Wildman–Crippen LogP) is 1.71. The summed E-state index contributed by atoms with van der Waals surface area (Å²) in [6.07, 6.45) is 0. The van der Waals surface area contributed by atoms with Gasteiger partial charge in [-0.25, -0.2) is 0 Å². The van der Waals surface area contributed by atoms with Crippen LogP contribution >= 0.6 is 0 Å². The van der Waals surface area contributed by atoms with Gasteiger partial charge in [0, 0.05) is 19.0 Å². The van der Waals surface area contributed by atoms with Crippen LogP contribution in [0.1, 0.15) is 25.3 Å². The highest BCUT2D eigenvalue weighted by atomic mass is 14.6. The van der Waals surface area contributed by atoms with Gasteiger partial charge in [0.1, 0.15) is 0 Å². The molecule has 0 aliphatic heterocycles. The molecule has 0 saturated heterocycles. The Balaban J connectivity index is 0.000000671. The molecule has 0 radical (unpaired) electrons. The van der Waals surface area contributed by atoms with Crippen LogP contribution in [0.2, 0.25) is 0 Å². The van der Waals surface area contributed by atoms with Crippen LogP contribution in [0.3, 0.4) is 0 Å². The van der Waals surface area contributed by atoms with Crippen LogP contribution in [-0.2, 0) is 0 Å². The Morgan fingerprint density at radius 3 is 1.85 bits per heavy atom. The summed E-state index contributed by atoms with van der Waals surface area (Å²) in [4.78, 5) is 0. The fraction of sp³-hybridized carbons (Fsp3) is 0.455. The Labute approximate surface area is 80.9 Å². The van der Waals surface area contributed by atoms with Crippen LogP contribution in [0.15, 0.2) is 30.3 Å². The molecule has 4 N–H and O–H groups in total. The summed E-state index contributed by atoms with van der Waals surface area (Å²) in [5.41, 5.74) is 12.3. The number of rotatable bonds is 3. The van der Waals surface area contributed by atoms with Gasteiger partial charge in [0.05, 0.1) is 0 Å². The Kier molecular flexibility index (Phi) is 7.26. The van der Waals surface area contributed by atoms with Gasteiger partial charge in [-0.05, 0) is 5.56 Å². The zero-order chi connectivity index (χ0) is 10.1. The van der Waals surface area contributed by atoms with Crippen LogP contribution in [0.5, 0.6) is 0 Å². The molecule has 1 rings (SSSR count). The molecule has 0 aliphatic rings. The average Bonchev–Trinajstić information content (AvgIpc) is 2.24. The van der Waals surface area contributed by atoms with Crippen molar-refractivity contribution in [2.45, 2.75) is 19.8 Å². The standard InChI is InChI=1S/C9H14N2.C2H6/c10-6-9(7-11)8-4-2-1-3-5-8;1-2/h1-5,9H,6-7,10-11H2;1-2H3. The summed E-state index contributed by atoms with van der Waals surface area (Å²) in [5.74, 6) is 0.316. The molecule has 0 atom stereocenters. The molecule has 0 aliphatic carbocycles. The summed E-state index contributed by atoms with van der Waals surface area (Å²) in [6.45, 7) is 5.25. The van der Waals surface area contributed by atoms with Crippen molar-refractivity contribution in [2.75, 3.05) is 13.1 Å². The molecular weight excluding hydrogens is 160 g/mol. The maximum Gasteiger partial charge on any atom is 0.00841 e. The van der Waals surface area contributed by atoms with Gasteiger partial charge < -0.3 is 11.5 Å². The monoisotopic (exact) mass is 180 g/mol. The quantitative estimate of drug-likeness (QED) is 0.744. The first-order chi connectivity index (χ1) is 6.38. The van der Waals surface area contributed by atoms with Gasteiger partial charge in [-0.3, -0.25) is 0 Å². The summed E-state index contributed by atoms with van der Waals surface area (Å²) in [6, 6.07) is 10.1. The predicted molar refractivity (Wildman–Crippen MR) is 58.6 cm³/mol. The van der Waals surface area contributed by atoms with Gasteiger partial charge in [-0.15, -0.1) is 0 Å². The van der Waals surface area contributed by atoms with E-state index in [1.807, 2.05) is 32.0 Å². The average molecular weight is 180 g/mol. The zero-order valence-electron chi connectivity index (χ0n) is 8.53. The fourth-order valence-corrected chi connectivity index (χ4v) is 1.09. The molecule has 2 nitrogen and oxygen atoms in total. The lowest BCUT2D eigenvalue weighted by Gasteiger charge is -2.11. The highest BCUT2D eigenvalue weighted by Gasteiger charge is 2.04. The van der Waals surface area contributed by atoms with Gasteiger partial charge in [0.15, 0.2) is 0 Å². The lowest BCUT2D eigenvalue weighted by molar-refractivity contribution is 0.708. The van der Waals surface area contributed by atoms with E-state index in [1.54, 1.807) is 0 Å². The Morgan fingerprint density at radius 2 is 1.46 bits per heavy atom. The molecule has 1 aromatic rings. The summed E-state index contributed by atoms with van der Waals surface area (Å²) in [5, 5.41) is 0. The number of nitrogens with two attached hydrogens (primary N) is 2. The van der Waals surface area contributed by atoms with E-state index in [-0.39, 0.29) is 0 Å².